The molecule has 0 aliphatic carbocycles. The van der Waals surface area contributed by atoms with Crippen molar-refractivity contribution in [3.05, 3.63) is 24.3 Å². The number of benzene rings is 1. The number of aliphatic carboxylic acids is 1. The molecule has 4 heteroatoms. The molecule has 0 radical (unpaired) electrons. The number of para-hydroxylation sites is 2. The van der Waals surface area contributed by atoms with E-state index in [1.54, 1.807) is 6.92 Å². The van der Waals surface area contributed by atoms with Crippen molar-refractivity contribution in [2.24, 2.45) is 0 Å². The van der Waals surface area contributed by atoms with Crippen molar-refractivity contribution in [2.75, 3.05) is 23.3 Å². The maximum atomic E-state index is 10.9. The molecule has 1 aliphatic rings. The zero-order chi connectivity index (χ0) is 10.8. The summed E-state index contributed by atoms with van der Waals surface area (Å²) in [5.74, 6) is -0.785. The summed E-state index contributed by atoms with van der Waals surface area (Å²) in [5, 5.41) is 12.2. The van der Waals surface area contributed by atoms with E-state index < -0.39 is 12.0 Å². The molecule has 4 nitrogen and oxygen atoms in total. The van der Waals surface area contributed by atoms with Crippen LogP contribution in [0.5, 0.6) is 0 Å². The molecule has 1 aliphatic heterocycles. The molecular formula is C11H14N2O2. The minimum atomic E-state index is -0.785. The number of hydrogen-bond acceptors (Lipinski definition) is 3. The number of hydrogen-bond donors (Lipinski definition) is 2. The zero-order valence-corrected chi connectivity index (χ0v) is 8.60. The van der Waals surface area contributed by atoms with Crippen LogP contribution in [0.2, 0.25) is 0 Å². The molecular weight excluding hydrogens is 192 g/mol. The Hall–Kier alpha value is -1.71. The average molecular weight is 206 g/mol. The predicted octanol–water partition coefficient (Wildman–Crippen LogP) is 1.39. The number of carboxylic acid groups (broad SMARTS) is 1. The van der Waals surface area contributed by atoms with Crippen molar-refractivity contribution in [3.8, 4) is 0 Å². The van der Waals surface area contributed by atoms with E-state index >= 15 is 0 Å². The van der Waals surface area contributed by atoms with E-state index in [0.29, 0.717) is 0 Å². The van der Waals surface area contributed by atoms with Gasteiger partial charge in [-0.1, -0.05) is 12.1 Å². The van der Waals surface area contributed by atoms with Crippen molar-refractivity contribution in [1.82, 2.24) is 0 Å². The first kappa shape index (κ1) is 9.83. The largest absolute Gasteiger partial charge is 0.480 e. The number of carbonyl (C=O) groups is 1. The molecule has 15 heavy (non-hydrogen) atoms. The maximum Gasteiger partial charge on any atom is 0.326 e. The number of nitrogens with zero attached hydrogens (tertiary/aromatic N) is 1. The SMILES string of the molecule is CC(C(=O)O)N1CCNc2ccccc21. The summed E-state index contributed by atoms with van der Waals surface area (Å²) in [6, 6.07) is 7.30. The number of nitrogens with one attached hydrogen (secondary N) is 1. The first-order valence-electron chi connectivity index (χ1n) is 5.02. The summed E-state index contributed by atoms with van der Waals surface area (Å²) < 4.78 is 0. The molecule has 1 aromatic rings. The monoisotopic (exact) mass is 206 g/mol. The van der Waals surface area contributed by atoms with Crippen LogP contribution in [0.15, 0.2) is 24.3 Å². The van der Waals surface area contributed by atoms with E-state index in [0.717, 1.165) is 24.5 Å². The normalized spacial score (nSPS) is 16.5. The van der Waals surface area contributed by atoms with Crippen LogP contribution >= 0.6 is 0 Å². The van der Waals surface area contributed by atoms with Gasteiger partial charge in [0.1, 0.15) is 6.04 Å². The molecule has 2 N–H and O–H groups in total. The van der Waals surface area contributed by atoms with E-state index in [1.165, 1.54) is 0 Å². The number of carboxylic acids is 1. The van der Waals surface area contributed by atoms with Gasteiger partial charge >= 0.3 is 5.97 Å². The van der Waals surface area contributed by atoms with Crippen molar-refractivity contribution in [3.63, 3.8) is 0 Å². The van der Waals surface area contributed by atoms with Gasteiger partial charge in [-0.25, -0.2) is 4.79 Å². The van der Waals surface area contributed by atoms with Crippen molar-refractivity contribution < 1.29 is 9.90 Å². The fourth-order valence-corrected chi connectivity index (χ4v) is 1.84. The second-order valence-corrected chi connectivity index (χ2v) is 3.65. The summed E-state index contributed by atoms with van der Waals surface area (Å²) in [7, 11) is 0. The van der Waals surface area contributed by atoms with Gasteiger partial charge < -0.3 is 15.3 Å². The number of rotatable bonds is 2. The molecule has 80 valence electrons. The Morgan fingerprint density at radius 2 is 2.27 bits per heavy atom. The van der Waals surface area contributed by atoms with Crippen LogP contribution in [-0.4, -0.2) is 30.2 Å². The molecule has 1 heterocycles. The van der Waals surface area contributed by atoms with Crippen molar-refractivity contribution >= 4 is 17.3 Å². The second-order valence-electron chi connectivity index (χ2n) is 3.65. The molecule has 0 saturated heterocycles. The van der Waals surface area contributed by atoms with Crippen LogP contribution < -0.4 is 10.2 Å². The highest BCUT2D eigenvalue weighted by molar-refractivity contribution is 5.82. The van der Waals surface area contributed by atoms with E-state index in [2.05, 4.69) is 5.32 Å². The topological polar surface area (TPSA) is 52.6 Å². The van der Waals surface area contributed by atoms with Gasteiger partial charge in [0.25, 0.3) is 0 Å². The van der Waals surface area contributed by atoms with Crippen LogP contribution in [0.4, 0.5) is 11.4 Å². The van der Waals surface area contributed by atoms with Crippen LogP contribution in [0.1, 0.15) is 6.92 Å². The molecule has 1 unspecified atom stereocenters. The standard InChI is InChI=1S/C11H14N2O2/c1-8(11(14)15)13-7-6-12-9-4-2-3-5-10(9)13/h2-5,8,12H,6-7H2,1H3,(H,14,15). The molecule has 2 rings (SSSR count). The Morgan fingerprint density at radius 1 is 1.53 bits per heavy atom. The van der Waals surface area contributed by atoms with Crippen LogP contribution in [0, 0.1) is 0 Å². The van der Waals surface area contributed by atoms with Crippen LogP contribution in [0.25, 0.3) is 0 Å². The van der Waals surface area contributed by atoms with Gasteiger partial charge in [-0.3, -0.25) is 0 Å². The zero-order valence-electron chi connectivity index (χ0n) is 8.60. The van der Waals surface area contributed by atoms with Gasteiger partial charge in [0.05, 0.1) is 11.4 Å². The van der Waals surface area contributed by atoms with E-state index in [-0.39, 0.29) is 0 Å². The summed E-state index contributed by atoms with van der Waals surface area (Å²) >= 11 is 0. The Bertz CT molecular complexity index is 379. The highest BCUT2D eigenvalue weighted by Gasteiger charge is 2.24. The van der Waals surface area contributed by atoms with E-state index in [9.17, 15) is 4.79 Å². The Balaban J connectivity index is 2.33. The molecule has 0 fully saturated rings. The minimum absolute atomic E-state index is 0.478. The third-order valence-corrected chi connectivity index (χ3v) is 2.71. The van der Waals surface area contributed by atoms with Gasteiger partial charge in [-0.2, -0.15) is 0 Å². The third-order valence-electron chi connectivity index (χ3n) is 2.71. The highest BCUT2D eigenvalue weighted by atomic mass is 16.4. The molecule has 0 spiro atoms. The lowest BCUT2D eigenvalue weighted by Gasteiger charge is -2.34. The van der Waals surface area contributed by atoms with Gasteiger partial charge in [-0.15, -0.1) is 0 Å². The second kappa shape index (κ2) is 3.81. The Kier molecular flexibility index (Phi) is 2.49. The highest BCUT2D eigenvalue weighted by Crippen LogP contribution is 2.29. The average Bonchev–Trinajstić information content (AvgIpc) is 2.27. The molecule has 0 saturated carbocycles. The number of fused-ring (bicyclic) bond motifs is 1. The predicted molar refractivity (Wildman–Crippen MR) is 59.4 cm³/mol. The van der Waals surface area contributed by atoms with Crippen LogP contribution in [0.3, 0.4) is 0 Å². The summed E-state index contributed by atoms with van der Waals surface area (Å²) in [6.45, 7) is 3.23. The van der Waals surface area contributed by atoms with Gasteiger partial charge in [0.15, 0.2) is 0 Å². The fraction of sp³-hybridized carbons (Fsp3) is 0.364. The smallest absolute Gasteiger partial charge is 0.326 e. The Labute approximate surface area is 88.5 Å². The molecule has 0 amide bonds. The van der Waals surface area contributed by atoms with E-state index in [1.807, 2.05) is 29.2 Å². The maximum absolute atomic E-state index is 10.9. The lowest BCUT2D eigenvalue weighted by molar-refractivity contribution is -0.138. The van der Waals surface area contributed by atoms with E-state index in [4.69, 9.17) is 5.11 Å². The number of anilines is 2. The first-order chi connectivity index (χ1) is 7.20. The molecule has 1 aromatic carbocycles. The summed E-state index contributed by atoms with van der Waals surface area (Å²) in [4.78, 5) is 12.9. The fourth-order valence-electron chi connectivity index (χ4n) is 1.84. The molecule has 1 atom stereocenters. The lowest BCUT2D eigenvalue weighted by Crippen LogP contribution is -2.44. The Morgan fingerprint density at radius 3 is 3.00 bits per heavy atom. The van der Waals surface area contributed by atoms with Gasteiger partial charge in [0, 0.05) is 13.1 Å². The van der Waals surface area contributed by atoms with Crippen molar-refractivity contribution in [1.29, 1.82) is 0 Å². The minimum Gasteiger partial charge on any atom is -0.480 e. The quantitative estimate of drug-likeness (QED) is 0.767. The lowest BCUT2D eigenvalue weighted by atomic mass is 10.1. The molecule has 0 bridgehead atoms. The summed E-state index contributed by atoms with van der Waals surface area (Å²) in [6.07, 6.45) is 0. The van der Waals surface area contributed by atoms with Crippen LogP contribution in [-0.2, 0) is 4.79 Å². The molecule has 0 aromatic heterocycles. The first-order valence-corrected chi connectivity index (χ1v) is 5.02. The summed E-state index contributed by atoms with van der Waals surface area (Å²) in [5.41, 5.74) is 1.98. The van der Waals surface area contributed by atoms with Gasteiger partial charge in [-0.05, 0) is 19.1 Å². The van der Waals surface area contributed by atoms with Crippen molar-refractivity contribution in [2.45, 2.75) is 13.0 Å². The third kappa shape index (κ3) is 1.75. The van der Waals surface area contributed by atoms with Gasteiger partial charge in [0.2, 0.25) is 0 Å².